The van der Waals surface area contributed by atoms with Crippen molar-refractivity contribution in [1.29, 1.82) is 5.26 Å². The van der Waals surface area contributed by atoms with Crippen LogP contribution in [0.15, 0.2) is 41.4 Å². The largest absolute Gasteiger partial charge is 0.495 e. The van der Waals surface area contributed by atoms with E-state index in [9.17, 15) is 10.1 Å². The Kier molecular flexibility index (Phi) is 6.87. The molecule has 168 valence electrons. The molecule has 0 aliphatic carbocycles. The summed E-state index contributed by atoms with van der Waals surface area (Å²) in [5.74, 6) is 0.668. The molecule has 4 rings (SSSR count). The first-order chi connectivity index (χ1) is 15.6. The molecule has 0 saturated carbocycles. The van der Waals surface area contributed by atoms with Gasteiger partial charge in [-0.1, -0.05) is 12.1 Å². The van der Waals surface area contributed by atoms with Crippen molar-refractivity contribution in [2.45, 2.75) is 30.8 Å². The van der Waals surface area contributed by atoms with Crippen LogP contribution in [0.2, 0.25) is 0 Å². The second kappa shape index (κ2) is 9.80. The van der Waals surface area contributed by atoms with Crippen LogP contribution in [0.4, 0.5) is 10.5 Å². The third-order valence-corrected chi connectivity index (χ3v) is 7.29. The number of carbonyl (C=O) groups is 1. The van der Waals surface area contributed by atoms with E-state index in [0.29, 0.717) is 17.0 Å². The molecule has 2 aromatic rings. The normalized spacial score (nSPS) is 17.8. The highest BCUT2D eigenvalue weighted by atomic mass is 32.2. The monoisotopic (exact) mass is 451 g/mol. The van der Waals surface area contributed by atoms with Crippen LogP contribution in [0, 0.1) is 16.7 Å². The van der Waals surface area contributed by atoms with Gasteiger partial charge < -0.3 is 15.0 Å². The maximum absolute atomic E-state index is 12.8. The number of piperidine rings is 1. The molecule has 1 N–H and O–H groups in total. The van der Waals surface area contributed by atoms with Gasteiger partial charge in [0, 0.05) is 26.2 Å². The van der Waals surface area contributed by atoms with Crippen LogP contribution in [0.1, 0.15) is 30.5 Å². The second-order valence-electron chi connectivity index (χ2n) is 8.55. The summed E-state index contributed by atoms with van der Waals surface area (Å²) >= 11 is 1.52. The average Bonchev–Trinajstić information content (AvgIpc) is 3.21. The zero-order chi connectivity index (χ0) is 22.6. The number of benzene rings is 1. The van der Waals surface area contributed by atoms with Gasteiger partial charge >= 0.3 is 6.03 Å². The van der Waals surface area contributed by atoms with Gasteiger partial charge in [-0.3, -0.25) is 4.90 Å². The molecule has 0 unspecified atom stereocenters. The first-order valence-corrected chi connectivity index (χ1v) is 12.1. The molecule has 2 aliphatic heterocycles. The van der Waals surface area contributed by atoms with Crippen LogP contribution in [-0.4, -0.2) is 60.4 Å². The maximum atomic E-state index is 12.8. The number of pyridine rings is 1. The molecule has 1 aromatic heterocycles. The van der Waals surface area contributed by atoms with Gasteiger partial charge in [-0.15, -0.1) is 11.8 Å². The van der Waals surface area contributed by atoms with E-state index in [1.54, 1.807) is 7.11 Å². The van der Waals surface area contributed by atoms with Crippen LogP contribution < -0.4 is 10.1 Å². The van der Waals surface area contributed by atoms with Crippen LogP contribution in [0.25, 0.3) is 0 Å². The van der Waals surface area contributed by atoms with E-state index in [1.165, 1.54) is 11.8 Å². The summed E-state index contributed by atoms with van der Waals surface area (Å²) in [4.78, 5) is 21.8. The average molecular weight is 452 g/mol. The Morgan fingerprint density at radius 3 is 2.69 bits per heavy atom. The third kappa shape index (κ3) is 4.84. The van der Waals surface area contributed by atoms with Crippen molar-refractivity contribution in [3.8, 4) is 11.8 Å². The predicted octanol–water partition coefficient (Wildman–Crippen LogP) is 4.20. The molecule has 1 spiro atoms. The summed E-state index contributed by atoms with van der Waals surface area (Å²) in [6.45, 7) is 4.41. The molecule has 7 nitrogen and oxygen atoms in total. The summed E-state index contributed by atoms with van der Waals surface area (Å²) in [5.41, 5.74) is 2.62. The summed E-state index contributed by atoms with van der Waals surface area (Å²) in [7, 11) is 1.61. The lowest BCUT2D eigenvalue weighted by atomic mass is 9.78. The molecule has 2 saturated heterocycles. The molecule has 0 radical (unpaired) electrons. The number of hydrogen-bond donors (Lipinski definition) is 1. The van der Waals surface area contributed by atoms with Gasteiger partial charge in [-0.25, -0.2) is 9.78 Å². The van der Waals surface area contributed by atoms with E-state index in [0.717, 1.165) is 62.7 Å². The van der Waals surface area contributed by atoms with Crippen LogP contribution >= 0.6 is 11.8 Å². The van der Waals surface area contributed by atoms with Gasteiger partial charge in [-0.2, -0.15) is 5.26 Å². The lowest BCUT2D eigenvalue weighted by molar-refractivity contribution is 0.124. The van der Waals surface area contributed by atoms with Gasteiger partial charge in [0.15, 0.2) is 0 Å². The number of amides is 2. The van der Waals surface area contributed by atoms with Crippen LogP contribution in [0.5, 0.6) is 5.75 Å². The zero-order valence-corrected chi connectivity index (χ0v) is 19.5. The van der Waals surface area contributed by atoms with Gasteiger partial charge in [-0.05, 0) is 61.7 Å². The Hall–Kier alpha value is -2.76. The Labute approximate surface area is 193 Å². The van der Waals surface area contributed by atoms with E-state index in [2.05, 4.69) is 21.3 Å². The number of para-hydroxylation sites is 2. The molecular formula is C24H29N5O2S. The lowest BCUT2D eigenvalue weighted by Crippen LogP contribution is -2.45. The Morgan fingerprint density at radius 2 is 1.97 bits per heavy atom. The summed E-state index contributed by atoms with van der Waals surface area (Å²) in [6, 6.07) is 13.5. The molecule has 2 aliphatic rings. The highest BCUT2D eigenvalue weighted by Crippen LogP contribution is 2.41. The Balaban J connectivity index is 1.31. The fraction of sp³-hybridized carbons (Fsp3) is 0.458. The SMILES string of the molecule is COc1ccccc1NC(=O)N1CCC2(CCN(Cc3ccc(C#N)c(SC)n3)C2)CC1. The fourth-order valence-electron chi connectivity index (χ4n) is 4.73. The minimum absolute atomic E-state index is 0.0643. The van der Waals surface area contributed by atoms with E-state index >= 15 is 0 Å². The number of aromatic nitrogens is 1. The number of ether oxygens (including phenoxy) is 1. The zero-order valence-electron chi connectivity index (χ0n) is 18.6. The third-order valence-electron chi connectivity index (χ3n) is 6.59. The smallest absolute Gasteiger partial charge is 0.321 e. The quantitative estimate of drug-likeness (QED) is 0.686. The second-order valence-corrected chi connectivity index (χ2v) is 9.34. The highest BCUT2D eigenvalue weighted by molar-refractivity contribution is 7.98. The first kappa shape index (κ1) is 22.4. The molecule has 1 aromatic carbocycles. The molecule has 0 atom stereocenters. The van der Waals surface area contributed by atoms with Gasteiger partial charge in [0.25, 0.3) is 0 Å². The molecule has 2 fully saturated rings. The fourth-order valence-corrected chi connectivity index (χ4v) is 5.28. The molecular weight excluding hydrogens is 422 g/mol. The maximum Gasteiger partial charge on any atom is 0.321 e. The number of thioether (sulfide) groups is 1. The minimum Gasteiger partial charge on any atom is -0.495 e. The number of methoxy groups -OCH3 is 1. The molecule has 2 amide bonds. The molecule has 32 heavy (non-hydrogen) atoms. The van der Waals surface area contributed by atoms with Crippen molar-refractivity contribution < 1.29 is 9.53 Å². The van der Waals surface area contributed by atoms with Crippen molar-refractivity contribution in [2.75, 3.05) is 44.9 Å². The van der Waals surface area contributed by atoms with Gasteiger partial charge in [0.2, 0.25) is 0 Å². The number of hydrogen-bond acceptors (Lipinski definition) is 6. The number of nitriles is 1. The number of anilines is 1. The Bertz CT molecular complexity index is 1010. The lowest BCUT2D eigenvalue weighted by Gasteiger charge is -2.39. The number of nitrogens with one attached hydrogen (secondary N) is 1. The highest BCUT2D eigenvalue weighted by Gasteiger charge is 2.41. The van der Waals surface area contributed by atoms with Crippen LogP contribution in [-0.2, 0) is 6.54 Å². The summed E-state index contributed by atoms with van der Waals surface area (Å²) < 4.78 is 5.34. The Morgan fingerprint density at radius 1 is 1.22 bits per heavy atom. The van der Waals surface area contributed by atoms with Crippen molar-refractivity contribution in [2.24, 2.45) is 5.41 Å². The van der Waals surface area contributed by atoms with Gasteiger partial charge in [0.05, 0.1) is 24.1 Å². The van der Waals surface area contributed by atoms with Crippen molar-refractivity contribution in [1.82, 2.24) is 14.8 Å². The number of nitrogens with zero attached hydrogens (tertiary/aromatic N) is 4. The number of likely N-dealkylation sites (tertiary alicyclic amines) is 2. The number of urea groups is 1. The molecule has 0 bridgehead atoms. The predicted molar refractivity (Wildman–Crippen MR) is 126 cm³/mol. The summed E-state index contributed by atoms with van der Waals surface area (Å²) in [5, 5.41) is 13.0. The van der Waals surface area contributed by atoms with E-state index in [1.807, 2.05) is 47.6 Å². The topological polar surface area (TPSA) is 81.5 Å². The van der Waals surface area contributed by atoms with E-state index < -0.39 is 0 Å². The summed E-state index contributed by atoms with van der Waals surface area (Å²) in [6.07, 6.45) is 5.13. The first-order valence-electron chi connectivity index (χ1n) is 10.9. The molecule has 8 heteroatoms. The van der Waals surface area contributed by atoms with Crippen LogP contribution in [0.3, 0.4) is 0 Å². The van der Waals surface area contributed by atoms with Gasteiger partial charge in [0.1, 0.15) is 16.8 Å². The number of rotatable bonds is 5. The van der Waals surface area contributed by atoms with E-state index in [4.69, 9.17) is 4.74 Å². The van der Waals surface area contributed by atoms with Crippen molar-refractivity contribution >= 4 is 23.5 Å². The minimum atomic E-state index is -0.0643. The van der Waals surface area contributed by atoms with E-state index in [-0.39, 0.29) is 11.4 Å². The molecule has 3 heterocycles. The number of carbonyl (C=O) groups excluding carboxylic acids is 1. The van der Waals surface area contributed by atoms with Crippen molar-refractivity contribution in [3.63, 3.8) is 0 Å². The standard InChI is InChI=1S/C24H29N5O2S/c1-31-21-6-4-3-5-20(21)27-23(30)29-13-10-24(11-14-29)9-12-28(17-24)16-19-8-7-18(15-25)22(26-19)32-2/h3-8H,9-14,16-17H2,1-2H3,(H,27,30). The van der Waals surface area contributed by atoms with Crippen molar-refractivity contribution in [3.05, 3.63) is 47.7 Å².